The van der Waals surface area contributed by atoms with Crippen molar-refractivity contribution in [1.82, 2.24) is 0 Å². The molecule has 1 fully saturated rings. The van der Waals surface area contributed by atoms with Crippen LogP contribution >= 0.6 is 23.2 Å². The van der Waals surface area contributed by atoms with E-state index in [1.54, 1.807) is 0 Å². The zero-order chi connectivity index (χ0) is 20.0. The Labute approximate surface area is 172 Å². The van der Waals surface area contributed by atoms with Gasteiger partial charge >= 0.3 is 0 Å². The van der Waals surface area contributed by atoms with Crippen molar-refractivity contribution in [2.24, 2.45) is 22.5 Å². The van der Waals surface area contributed by atoms with E-state index in [0.29, 0.717) is 10.0 Å². The highest BCUT2D eigenvalue weighted by atomic mass is 35.5. The summed E-state index contributed by atoms with van der Waals surface area (Å²) in [6.07, 6.45) is 0.735. The molecule has 0 heterocycles. The van der Waals surface area contributed by atoms with Crippen molar-refractivity contribution in [1.29, 1.82) is 0 Å². The largest absolute Gasteiger partial charge is 0.369 e. The molecule has 2 aromatic rings. The Morgan fingerprint density at radius 1 is 0.963 bits per heavy atom. The standard InChI is InChI=1S/C23H27Cl2NO/c1-5-22(21(26)27)16(4)23(22,14(2)17-6-10-19(24)11-7-17)15(3)18-8-12-20(25)13-9-18/h6-16H,5H2,1-4H3,(H2,26,27). The summed E-state index contributed by atoms with van der Waals surface area (Å²) in [4.78, 5) is 12.7. The van der Waals surface area contributed by atoms with E-state index in [4.69, 9.17) is 28.9 Å². The van der Waals surface area contributed by atoms with Gasteiger partial charge in [-0.05, 0) is 59.6 Å². The van der Waals surface area contributed by atoms with Gasteiger partial charge in [0.15, 0.2) is 0 Å². The third-order valence-corrected chi connectivity index (χ3v) is 7.82. The lowest BCUT2D eigenvalue weighted by atomic mass is 9.67. The number of primary amides is 1. The fourth-order valence-electron chi connectivity index (χ4n) is 5.96. The summed E-state index contributed by atoms with van der Waals surface area (Å²) < 4.78 is 0. The Morgan fingerprint density at radius 2 is 1.33 bits per heavy atom. The first-order valence-electron chi connectivity index (χ1n) is 9.54. The van der Waals surface area contributed by atoms with Gasteiger partial charge in [0.05, 0.1) is 5.41 Å². The molecule has 0 bridgehead atoms. The first-order valence-corrected chi connectivity index (χ1v) is 10.3. The average Bonchev–Trinajstić information content (AvgIpc) is 3.22. The summed E-state index contributed by atoms with van der Waals surface area (Å²) in [5.74, 6) is 0.300. The van der Waals surface area contributed by atoms with Crippen LogP contribution in [0, 0.1) is 16.7 Å². The average molecular weight is 404 g/mol. The van der Waals surface area contributed by atoms with Crippen LogP contribution in [-0.4, -0.2) is 5.91 Å². The molecule has 1 aliphatic rings. The predicted octanol–water partition coefficient (Wildman–Crippen LogP) is 6.42. The molecule has 4 heteroatoms. The van der Waals surface area contributed by atoms with Gasteiger partial charge in [0, 0.05) is 15.5 Å². The van der Waals surface area contributed by atoms with Crippen LogP contribution in [0.25, 0.3) is 0 Å². The summed E-state index contributed by atoms with van der Waals surface area (Å²) in [6.45, 7) is 8.68. The fourth-order valence-corrected chi connectivity index (χ4v) is 6.21. The maximum Gasteiger partial charge on any atom is 0.224 e. The van der Waals surface area contributed by atoms with Crippen molar-refractivity contribution in [2.45, 2.75) is 46.0 Å². The fraction of sp³-hybridized carbons (Fsp3) is 0.435. The van der Waals surface area contributed by atoms with Crippen molar-refractivity contribution in [3.63, 3.8) is 0 Å². The van der Waals surface area contributed by atoms with Gasteiger partial charge in [-0.15, -0.1) is 0 Å². The first kappa shape index (κ1) is 20.2. The van der Waals surface area contributed by atoms with Crippen molar-refractivity contribution < 1.29 is 4.79 Å². The quantitative estimate of drug-likeness (QED) is 0.593. The second-order valence-corrected chi connectivity index (χ2v) is 8.76. The van der Waals surface area contributed by atoms with E-state index in [1.807, 2.05) is 24.3 Å². The first-order chi connectivity index (χ1) is 12.7. The highest BCUT2D eigenvalue weighted by Crippen LogP contribution is 2.80. The molecule has 27 heavy (non-hydrogen) atoms. The number of carbonyl (C=O) groups is 1. The van der Waals surface area contributed by atoms with Crippen LogP contribution < -0.4 is 5.73 Å². The molecule has 1 saturated carbocycles. The Kier molecular flexibility index (Phi) is 5.35. The Morgan fingerprint density at radius 3 is 1.59 bits per heavy atom. The molecular formula is C23H27Cl2NO. The van der Waals surface area contributed by atoms with Crippen LogP contribution in [0.1, 0.15) is 57.1 Å². The number of amides is 1. The van der Waals surface area contributed by atoms with Gasteiger partial charge in [-0.1, -0.05) is 75.2 Å². The van der Waals surface area contributed by atoms with Gasteiger partial charge < -0.3 is 5.73 Å². The Hall–Kier alpha value is -1.51. The monoisotopic (exact) mass is 403 g/mol. The number of hydrogen-bond donors (Lipinski definition) is 1. The van der Waals surface area contributed by atoms with Gasteiger partial charge in [0.25, 0.3) is 0 Å². The highest BCUT2D eigenvalue weighted by Gasteiger charge is 2.79. The van der Waals surface area contributed by atoms with Crippen molar-refractivity contribution in [3.05, 3.63) is 69.7 Å². The lowest BCUT2D eigenvalue weighted by Gasteiger charge is -2.35. The zero-order valence-electron chi connectivity index (χ0n) is 16.3. The van der Waals surface area contributed by atoms with E-state index in [0.717, 1.165) is 6.42 Å². The number of benzene rings is 2. The molecule has 0 aromatic heterocycles. The van der Waals surface area contributed by atoms with Crippen LogP contribution in [0.5, 0.6) is 0 Å². The number of halogens is 2. The maximum absolute atomic E-state index is 12.7. The lowest BCUT2D eigenvalue weighted by molar-refractivity contribution is -0.125. The maximum atomic E-state index is 12.7. The van der Waals surface area contributed by atoms with E-state index >= 15 is 0 Å². The summed E-state index contributed by atoms with van der Waals surface area (Å²) in [6, 6.07) is 15.9. The number of carbonyl (C=O) groups excluding carboxylic acids is 1. The summed E-state index contributed by atoms with van der Waals surface area (Å²) in [7, 11) is 0. The second-order valence-electron chi connectivity index (χ2n) is 7.89. The molecule has 0 radical (unpaired) electrons. The van der Waals surface area contributed by atoms with E-state index in [9.17, 15) is 4.79 Å². The third kappa shape index (κ3) is 2.80. The van der Waals surface area contributed by atoms with Crippen LogP contribution in [0.2, 0.25) is 10.0 Å². The molecule has 4 unspecified atom stereocenters. The van der Waals surface area contributed by atoms with E-state index in [-0.39, 0.29) is 29.1 Å². The van der Waals surface area contributed by atoms with Gasteiger partial charge in [-0.3, -0.25) is 4.79 Å². The molecule has 0 aliphatic heterocycles. The van der Waals surface area contributed by atoms with Gasteiger partial charge in [0.2, 0.25) is 5.91 Å². The molecule has 4 atom stereocenters. The minimum atomic E-state index is -0.523. The van der Waals surface area contributed by atoms with Gasteiger partial charge in [0.1, 0.15) is 0 Å². The normalized spacial score (nSPS) is 29.2. The Bertz CT molecular complexity index is 779. The summed E-state index contributed by atoms with van der Waals surface area (Å²) >= 11 is 12.2. The second kappa shape index (κ2) is 7.14. The number of rotatable bonds is 6. The molecule has 2 N–H and O–H groups in total. The minimum absolute atomic E-state index is 0.155. The van der Waals surface area contributed by atoms with E-state index in [1.165, 1.54) is 11.1 Å². The molecule has 2 aromatic carbocycles. The minimum Gasteiger partial charge on any atom is -0.369 e. The molecule has 2 nitrogen and oxygen atoms in total. The molecule has 144 valence electrons. The van der Waals surface area contributed by atoms with Crippen molar-refractivity contribution >= 4 is 29.1 Å². The molecule has 0 saturated heterocycles. The van der Waals surface area contributed by atoms with Crippen molar-refractivity contribution in [3.8, 4) is 0 Å². The molecule has 1 aliphatic carbocycles. The molecule has 0 spiro atoms. The number of nitrogens with two attached hydrogens (primary N) is 1. The predicted molar refractivity (Wildman–Crippen MR) is 113 cm³/mol. The molecule has 3 rings (SSSR count). The Balaban J connectivity index is 2.14. The zero-order valence-corrected chi connectivity index (χ0v) is 17.8. The van der Waals surface area contributed by atoms with E-state index in [2.05, 4.69) is 52.0 Å². The van der Waals surface area contributed by atoms with Crippen LogP contribution in [0.15, 0.2) is 48.5 Å². The molecular weight excluding hydrogens is 377 g/mol. The molecule has 1 amide bonds. The van der Waals surface area contributed by atoms with Crippen LogP contribution in [0.4, 0.5) is 0 Å². The van der Waals surface area contributed by atoms with E-state index < -0.39 is 5.41 Å². The summed E-state index contributed by atoms with van der Waals surface area (Å²) in [5, 5.41) is 1.43. The number of hydrogen-bond acceptors (Lipinski definition) is 1. The van der Waals surface area contributed by atoms with Gasteiger partial charge in [-0.2, -0.15) is 0 Å². The van der Waals surface area contributed by atoms with Crippen molar-refractivity contribution in [2.75, 3.05) is 0 Å². The highest BCUT2D eigenvalue weighted by molar-refractivity contribution is 6.30. The van der Waals surface area contributed by atoms with Gasteiger partial charge in [-0.25, -0.2) is 0 Å². The lowest BCUT2D eigenvalue weighted by Crippen LogP contribution is -2.35. The topological polar surface area (TPSA) is 43.1 Å². The summed E-state index contributed by atoms with van der Waals surface area (Å²) in [5.41, 5.74) is 7.60. The third-order valence-electron chi connectivity index (χ3n) is 7.32. The van der Waals surface area contributed by atoms with Crippen LogP contribution in [-0.2, 0) is 4.79 Å². The SMILES string of the molecule is CCC1(C(N)=O)C(C)C1(C(C)c1ccc(Cl)cc1)C(C)c1ccc(Cl)cc1. The smallest absolute Gasteiger partial charge is 0.224 e. The van der Waals surface area contributed by atoms with Crippen LogP contribution in [0.3, 0.4) is 0 Å².